The maximum Gasteiger partial charge on any atom is 0.331 e. The molecular weight excluding hydrogens is 214 g/mol. The first-order chi connectivity index (χ1) is 8.13. The maximum atomic E-state index is 10.8. The van der Waals surface area contributed by atoms with E-state index in [4.69, 9.17) is 5.11 Å². The minimum absolute atomic E-state index is 0.177. The second-order valence-corrected chi connectivity index (χ2v) is 3.83. The van der Waals surface area contributed by atoms with Crippen LogP contribution in [0.2, 0.25) is 0 Å². The van der Waals surface area contributed by atoms with E-state index in [0.29, 0.717) is 6.42 Å². The van der Waals surface area contributed by atoms with Crippen molar-refractivity contribution in [1.29, 1.82) is 0 Å². The van der Waals surface area contributed by atoms with Crippen LogP contribution in [0.15, 0.2) is 49.1 Å². The number of hydrogen-bond acceptors (Lipinski definition) is 1. The molecule has 0 aliphatic carbocycles. The van der Waals surface area contributed by atoms with E-state index in [9.17, 15) is 4.79 Å². The van der Waals surface area contributed by atoms with Crippen molar-refractivity contribution < 1.29 is 9.90 Å². The van der Waals surface area contributed by atoms with E-state index in [0.717, 1.165) is 16.6 Å². The van der Waals surface area contributed by atoms with Gasteiger partial charge in [-0.3, -0.25) is 0 Å². The molecule has 0 saturated heterocycles. The van der Waals surface area contributed by atoms with Crippen LogP contribution in [-0.4, -0.2) is 15.6 Å². The molecule has 0 aliphatic rings. The zero-order chi connectivity index (χ0) is 12.4. The van der Waals surface area contributed by atoms with Crippen LogP contribution in [0.3, 0.4) is 0 Å². The molecule has 17 heavy (non-hydrogen) atoms. The number of aromatic nitrogens is 1. The molecular formula is C14H13NO2. The number of nitrogens with zero attached hydrogens (tertiary/aromatic N) is 1. The van der Waals surface area contributed by atoms with Gasteiger partial charge in [-0.2, -0.15) is 0 Å². The van der Waals surface area contributed by atoms with Crippen molar-refractivity contribution >= 4 is 23.1 Å². The van der Waals surface area contributed by atoms with Crippen LogP contribution in [0.4, 0.5) is 0 Å². The number of benzene rings is 1. The van der Waals surface area contributed by atoms with E-state index in [2.05, 4.69) is 13.2 Å². The highest BCUT2D eigenvalue weighted by atomic mass is 16.4. The molecule has 0 aliphatic heterocycles. The fourth-order valence-electron chi connectivity index (χ4n) is 1.88. The van der Waals surface area contributed by atoms with Gasteiger partial charge in [0, 0.05) is 29.3 Å². The zero-order valence-corrected chi connectivity index (χ0v) is 9.39. The maximum absolute atomic E-state index is 10.8. The zero-order valence-electron chi connectivity index (χ0n) is 9.39. The number of carbonyl (C=O) groups is 1. The normalized spacial score (nSPS) is 10.4. The van der Waals surface area contributed by atoms with Crippen LogP contribution < -0.4 is 0 Å². The molecule has 0 radical (unpaired) electrons. The van der Waals surface area contributed by atoms with Gasteiger partial charge in [0.15, 0.2) is 0 Å². The number of carboxylic acids is 1. The van der Waals surface area contributed by atoms with E-state index in [1.807, 2.05) is 34.9 Å². The standard InChI is InChI=1S/C14H13NO2/c1-3-15-12(8-10(2)14(16)17)9-11-6-4-5-7-13(11)15/h3-7,9H,1-2,8H2,(H,16,17). The second-order valence-electron chi connectivity index (χ2n) is 3.83. The Hall–Kier alpha value is -2.29. The minimum Gasteiger partial charge on any atom is -0.478 e. The predicted octanol–water partition coefficient (Wildman–Crippen LogP) is 2.93. The van der Waals surface area contributed by atoms with Crippen molar-refractivity contribution in [2.45, 2.75) is 6.42 Å². The van der Waals surface area contributed by atoms with Gasteiger partial charge in [-0.25, -0.2) is 4.79 Å². The number of aliphatic carboxylic acids is 1. The summed E-state index contributed by atoms with van der Waals surface area (Å²) < 4.78 is 1.89. The summed E-state index contributed by atoms with van der Waals surface area (Å²) in [5, 5.41) is 9.92. The Morgan fingerprint density at radius 2 is 2.12 bits per heavy atom. The Morgan fingerprint density at radius 1 is 1.41 bits per heavy atom. The Kier molecular flexibility index (Phi) is 2.83. The van der Waals surface area contributed by atoms with Crippen molar-refractivity contribution in [2.24, 2.45) is 0 Å². The largest absolute Gasteiger partial charge is 0.478 e. The van der Waals surface area contributed by atoms with Gasteiger partial charge in [-0.15, -0.1) is 0 Å². The van der Waals surface area contributed by atoms with Gasteiger partial charge in [0.1, 0.15) is 0 Å². The van der Waals surface area contributed by atoms with Crippen molar-refractivity contribution in [3.8, 4) is 0 Å². The lowest BCUT2D eigenvalue weighted by Gasteiger charge is -2.04. The summed E-state index contributed by atoms with van der Waals surface area (Å²) >= 11 is 0. The van der Waals surface area contributed by atoms with Gasteiger partial charge in [-0.1, -0.05) is 31.4 Å². The molecule has 1 N–H and O–H groups in total. The molecule has 1 aromatic heterocycles. The SMILES string of the molecule is C=Cn1c(CC(=C)C(=O)O)cc2ccccc21. The third kappa shape index (κ3) is 1.99. The summed E-state index contributed by atoms with van der Waals surface area (Å²) in [5.74, 6) is -0.967. The lowest BCUT2D eigenvalue weighted by Crippen LogP contribution is -2.04. The molecule has 0 saturated carbocycles. The van der Waals surface area contributed by atoms with E-state index in [1.165, 1.54) is 0 Å². The van der Waals surface area contributed by atoms with Gasteiger partial charge in [0.25, 0.3) is 0 Å². The highest BCUT2D eigenvalue weighted by Gasteiger charge is 2.10. The van der Waals surface area contributed by atoms with Crippen molar-refractivity contribution in [2.75, 3.05) is 0 Å². The third-order valence-corrected chi connectivity index (χ3v) is 2.71. The smallest absolute Gasteiger partial charge is 0.331 e. The van der Waals surface area contributed by atoms with Crippen molar-refractivity contribution in [3.63, 3.8) is 0 Å². The van der Waals surface area contributed by atoms with Gasteiger partial charge in [0.05, 0.1) is 5.52 Å². The molecule has 0 atom stereocenters. The van der Waals surface area contributed by atoms with Crippen LogP contribution in [0.5, 0.6) is 0 Å². The second kappa shape index (κ2) is 4.29. The number of para-hydroxylation sites is 1. The molecule has 0 spiro atoms. The van der Waals surface area contributed by atoms with Gasteiger partial charge < -0.3 is 9.67 Å². The van der Waals surface area contributed by atoms with Crippen LogP contribution in [-0.2, 0) is 11.2 Å². The Bertz CT molecular complexity index is 608. The van der Waals surface area contributed by atoms with E-state index < -0.39 is 5.97 Å². The van der Waals surface area contributed by atoms with Crippen LogP contribution in [0.1, 0.15) is 5.69 Å². The van der Waals surface area contributed by atoms with Crippen LogP contribution in [0, 0.1) is 0 Å². The summed E-state index contributed by atoms with van der Waals surface area (Å²) in [6, 6.07) is 9.82. The van der Waals surface area contributed by atoms with Crippen molar-refractivity contribution in [3.05, 3.63) is 54.8 Å². The van der Waals surface area contributed by atoms with Gasteiger partial charge in [-0.05, 0) is 12.1 Å². The Labute approximate surface area is 99.3 Å². The number of carboxylic acid groups (broad SMARTS) is 1. The lowest BCUT2D eigenvalue weighted by molar-refractivity contribution is -0.132. The minimum atomic E-state index is -0.967. The van der Waals surface area contributed by atoms with Gasteiger partial charge in [0.2, 0.25) is 0 Å². The summed E-state index contributed by atoms with van der Waals surface area (Å²) in [7, 11) is 0. The fraction of sp³-hybridized carbons (Fsp3) is 0.0714. The molecule has 0 amide bonds. The Morgan fingerprint density at radius 3 is 2.76 bits per heavy atom. The molecule has 0 fully saturated rings. The van der Waals surface area contributed by atoms with E-state index in [1.54, 1.807) is 6.20 Å². The summed E-state index contributed by atoms with van der Waals surface area (Å²) in [6.45, 7) is 7.30. The predicted molar refractivity (Wildman–Crippen MR) is 68.8 cm³/mol. The monoisotopic (exact) mass is 227 g/mol. The highest BCUT2D eigenvalue weighted by molar-refractivity contribution is 5.88. The molecule has 0 bridgehead atoms. The average molecular weight is 227 g/mol. The molecule has 1 heterocycles. The number of fused-ring (bicyclic) bond motifs is 1. The number of hydrogen-bond donors (Lipinski definition) is 1. The molecule has 1 aromatic carbocycles. The summed E-state index contributed by atoms with van der Waals surface area (Å²) in [6.07, 6.45) is 2.00. The molecule has 3 nitrogen and oxygen atoms in total. The molecule has 0 unspecified atom stereocenters. The topological polar surface area (TPSA) is 42.2 Å². The molecule has 2 aromatic rings. The quantitative estimate of drug-likeness (QED) is 0.816. The van der Waals surface area contributed by atoms with Crippen LogP contribution in [0.25, 0.3) is 17.1 Å². The molecule has 2 rings (SSSR count). The summed E-state index contributed by atoms with van der Waals surface area (Å²) in [4.78, 5) is 10.8. The first-order valence-electron chi connectivity index (χ1n) is 5.26. The number of rotatable bonds is 4. The van der Waals surface area contributed by atoms with Crippen LogP contribution >= 0.6 is 0 Å². The first-order valence-corrected chi connectivity index (χ1v) is 5.26. The lowest BCUT2D eigenvalue weighted by atomic mass is 10.1. The fourth-order valence-corrected chi connectivity index (χ4v) is 1.88. The summed E-state index contributed by atoms with van der Waals surface area (Å²) in [5.41, 5.74) is 2.08. The highest BCUT2D eigenvalue weighted by Crippen LogP contribution is 2.21. The molecule has 86 valence electrons. The average Bonchev–Trinajstić information content (AvgIpc) is 2.65. The van der Waals surface area contributed by atoms with Crippen molar-refractivity contribution in [1.82, 2.24) is 4.57 Å². The van der Waals surface area contributed by atoms with Gasteiger partial charge >= 0.3 is 5.97 Å². The first kappa shape index (κ1) is 11.2. The molecule has 3 heteroatoms. The van der Waals surface area contributed by atoms with E-state index in [-0.39, 0.29) is 5.57 Å². The van der Waals surface area contributed by atoms with E-state index >= 15 is 0 Å². The Balaban J connectivity index is 2.50. The third-order valence-electron chi connectivity index (χ3n) is 2.71.